The number of nitrogens with zero attached hydrogens (tertiary/aromatic N) is 2. The first-order valence-electron chi connectivity index (χ1n) is 12.5. The molecule has 1 spiro atoms. The molecule has 182 valence electrons. The van der Waals surface area contributed by atoms with Crippen molar-refractivity contribution in [2.45, 2.75) is 76.3 Å². The molecule has 1 aromatic heterocycles. The molecule has 3 aliphatic rings. The summed E-state index contributed by atoms with van der Waals surface area (Å²) in [7, 11) is 0. The number of carbonyl (C=O) groups excluding carboxylic acids is 1. The standard InChI is InChI=1S/C28H36N2O4/c1-26(2,32)23-10-11-27(3,34-23)24-17-28(19-33-24)12-15-30(16-13-28)25(31)21-8-6-20(7-9-21)22-5-4-14-29-18-22/h4-9,14,18,23-24,32H,10-13,15-17,19H2,1-3H3/t23-,24+,27+/m0/s1. The Kier molecular flexibility index (Phi) is 6.03. The van der Waals surface area contributed by atoms with Gasteiger partial charge in [0.05, 0.1) is 30.0 Å². The molecule has 0 bridgehead atoms. The van der Waals surface area contributed by atoms with Gasteiger partial charge in [0.1, 0.15) is 0 Å². The van der Waals surface area contributed by atoms with Crippen LogP contribution in [0.2, 0.25) is 0 Å². The zero-order chi connectivity index (χ0) is 24.0. The zero-order valence-corrected chi connectivity index (χ0v) is 20.5. The molecular formula is C28H36N2O4. The Labute approximate surface area is 202 Å². The van der Waals surface area contributed by atoms with E-state index in [1.165, 1.54) is 0 Å². The fourth-order valence-corrected chi connectivity index (χ4v) is 5.83. The number of hydrogen-bond donors (Lipinski definition) is 1. The third-order valence-electron chi connectivity index (χ3n) is 8.23. The van der Waals surface area contributed by atoms with Crippen LogP contribution in [0.4, 0.5) is 0 Å². The summed E-state index contributed by atoms with van der Waals surface area (Å²) in [5, 5.41) is 10.4. The zero-order valence-electron chi connectivity index (χ0n) is 20.5. The van der Waals surface area contributed by atoms with Gasteiger partial charge in [-0.25, -0.2) is 0 Å². The van der Waals surface area contributed by atoms with E-state index >= 15 is 0 Å². The van der Waals surface area contributed by atoms with E-state index in [0.717, 1.165) is 68.5 Å². The van der Waals surface area contributed by atoms with Gasteiger partial charge in [-0.05, 0) is 87.6 Å². The van der Waals surface area contributed by atoms with E-state index in [-0.39, 0.29) is 29.1 Å². The summed E-state index contributed by atoms with van der Waals surface area (Å²) < 4.78 is 12.7. The Bertz CT molecular complexity index is 1010. The highest BCUT2D eigenvalue weighted by molar-refractivity contribution is 5.94. The van der Waals surface area contributed by atoms with Crippen LogP contribution in [-0.4, -0.2) is 64.0 Å². The normalized spacial score (nSPS) is 29.0. The number of piperidine rings is 1. The molecule has 4 heterocycles. The number of likely N-dealkylation sites (tertiary alicyclic amines) is 1. The molecule has 5 rings (SSSR count). The van der Waals surface area contributed by atoms with Gasteiger partial charge in [0.2, 0.25) is 0 Å². The number of amides is 1. The molecule has 1 amide bonds. The summed E-state index contributed by atoms with van der Waals surface area (Å²) in [5.74, 6) is 0.0992. The van der Waals surface area contributed by atoms with Crippen LogP contribution in [0.3, 0.4) is 0 Å². The number of pyridine rings is 1. The Morgan fingerprint density at radius 2 is 1.85 bits per heavy atom. The fourth-order valence-electron chi connectivity index (χ4n) is 5.83. The van der Waals surface area contributed by atoms with Gasteiger partial charge >= 0.3 is 0 Å². The Morgan fingerprint density at radius 1 is 1.12 bits per heavy atom. The quantitative estimate of drug-likeness (QED) is 0.723. The molecule has 6 nitrogen and oxygen atoms in total. The number of ether oxygens (including phenoxy) is 2. The molecule has 2 aromatic rings. The minimum atomic E-state index is -0.837. The first-order chi connectivity index (χ1) is 16.2. The SMILES string of the molecule is CC(C)(O)[C@@H]1CC[C@](C)([C@H]2CC3(CCN(C(=O)c4ccc(-c5cccnc5)cc4)CC3)CO2)O1. The van der Waals surface area contributed by atoms with Crippen LogP contribution in [0.25, 0.3) is 11.1 Å². The average Bonchev–Trinajstić information content (AvgIpc) is 3.45. The lowest BCUT2D eigenvalue weighted by Crippen LogP contribution is -2.45. The molecule has 3 saturated heterocycles. The maximum absolute atomic E-state index is 13.1. The van der Waals surface area contributed by atoms with Crippen LogP contribution in [0.1, 0.15) is 63.2 Å². The average molecular weight is 465 g/mol. The third kappa shape index (κ3) is 4.51. The number of rotatable bonds is 4. The van der Waals surface area contributed by atoms with Crippen LogP contribution < -0.4 is 0 Å². The number of hydrogen-bond acceptors (Lipinski definition) is 5. The van der Waals surface area contributed by atoms with E-state index < -0.39 is 5.60 Å². The number of aliphatic hydroxyl groups is 1. The van der Waals surface area contributed by atoms with E-state index in [1.807, 2.05) is 61.3 Å². The van der Waals surface area contributed by atoms with Gasteiger partial charge in [-0.3, -0.25) is 9.78 Å². The van der Waals surface area contributed by atoms with Crippen LogP contribution in [0, 0.1) is 5.41 Å². The summed E-state index contributed by atoms with van der Waals surface area (Å²) in [6.45, 7) is 8.01. The van der Waals surface area contributed by atoms with Crippen molar-refractivity contribution in [1.29, 1.82) is 0 Å². The molecule has 0 aliphatic carbocycles. The maximum atomic E-state index is 13.1. The van der Waals surface area contributed by atoms with E-state index in [1.54, 1.807) is 6.20 Å². The van der Waals surface area contributed by atoms with Crippen molar-refractivity contribution in [1.82, 2.24) is 9.88 Å². The second kappa shape index (κ2) is 8.74. The molecule has 3 atom stereocenters. The van der Waals surface area contributed by atoms with E-state index in [2.05, 4.69) is 11.9 Å². The monoisotopic (exact) mass is 464 g/mol. The van der Waals surface area contributed by atoms with Gasteiger partial charge in [0.15, 0.2) is 0 Å². The van der Waals surface area contributed by atoms with Crippen LogP contribution in [0.5, 0.6) is 0 Å². The molecule has 6 heteroatoms. The predicted octanol–water partition coefficient (Wildman–Crippen LogP) is 4.47. The van der Waals surface area contributed by atoms with Crippen LogP contribution >= 0.6 is 0 Å². The number of benzene rings is 1. The highest BCUT2D eigenvalue weighted by atomic mass is 16.6. The molecular weight excluding hydrogens is 428 g/mol. The lowest BCUT2D eigenvalue weighted by Gasteiger charge is -2.39. The predicted molar refractivity (Wildman–Crippen MR) is 130 cm³/mol. The van der Waals surface area contributed by atoms with Gasteiger partial charge in [0.25, 0.3) is 5.91 Å². The largest absolute Gasteiger partial charge is 0.388 e. The lowest BCUT2D eigenvalue weighted by atomic mass is 9.74. The molecule has 3 fully saturated rings. The van der Waals surface area contributed by atoms with Gasteiger partial charge in [-0.1, -0.05) is 18.2 Å². The molecule has 0 saturated carbocycles. The van der Waals surface area contributed by atoms with E-state index in [9.17, 15) is 9.90 Å². The van der Waals surface area contributed by atoms with Crippen molar-refractivity contribution in [2.75, 3.05) is 19.7 Å². The topological polar surface area (TPSA) is 71.9 Å². The lowest BCUT2D eigenvalue weighted by molar-refractivity contribution is -0.155. The van der Waals surface area contributed by atoms with Crippen LogP contribution in [0.15, 0.2) is 48.8 Å². The van der Waals surface area contributed by atoms with Crippen molar-refractivity contribution in [3.63, 3.8) is 0 Å². The second-order valence-corrected chi connectivity index (χ2v) is 11.2. The van der Waals surface area contributed by atoms with E-state index in [0.29, 0.717) is 0 Å². The highest BCUT2D eigenvalue weighted by Crippen LogP contribution is 2.49. The molecule has 0 radical (unpaired) electrons. The number of aromatic nitrogens is 1. The van der Waals surface area contributed by atoms with E-state index in [4.69, 9.17) is 9.47 Å². The Balaban J connectivity index is 1.18. The van der Waals surface area contributed by atoms with Crippen molar-refractivity contribution in [3.8, 4) is 11.1 Å². The Hall–Kier alpha value is -2.28. The summed E-state index contributed by atoms with van der Waals surface area (Å²) >= 11 is 0. The minimum absolute atomic E-state index is 0.0436. The fraction of sp³-hybridized carbons (Fsp3) is 0.571. The maximum Gasteiger partial charge on any atom is 0.253 e. The van der Waals surface area contributed by atoms with Gasteiger partial charge in [0, 0.05) is 31.0 Å². The van der Waals surface area contributed by atoms with Crippen molar-refractivity contribution in [3.05, 3.63) is 54.4 Å². The molecule has 0 unspecified atom stereocenters. The number of carbonyl (C=O) groups is 1. The van der Waals surface area contributed by atoms with Crippen LogP contribution in [-0.2, 0) is 9.47 Å². The van der Waals surface area contributed by atoms with Gasteiger partial charge in [-0.15, -0.1) is 0 Å². The molecule has 3 aliphatic heterocycles. The Morgan fingerprint density at radius 3 is 2.47 bits per heavy atom. The molecule has 34 heavy (non-hydrogen) atoms. The molecule has 1 aromatic carbocycles. The first kappa shape index (κ1) is 23.5. The van der Waals surface area contributed by atoms with Crippen molar-refractivity contribution in [2.24, 2.45) is 5.41 Å². The van der Waals surface area contributed by atoms with Gasteiger partial charge < -0.3 is 19.5 Å². The summed E-state index contributed by atoms with van der Waals surface area (Å²) in [6.07, 6.45) is 8.11. The van der Waals surface area contributed by atoms with Crippen molar-refractivity contribution >= 4 is 5.91 Å². The second-order valence-electron chi connectivity index (χ2n) is 11.2. The summed E-state index contributed by atoms with van der Waals surface area (Å²) in [6, 6.07) is 11.8. The van der Waals surface area contributed by atoms with Gasteiger partial charge in [-0.2, -0.15) is 0 Å². The summed E-state index contributed by atoms with van der Waals surface area (Å²) in [5.41, 5.74) is 1.77. The highest BCUT2D eigenvalue weighted by Gasteiger charge is 2.53. The third-order valence-corrected chi connectivity index (χ3v) is 8.23. The molecule has 1 N–H and O–H groups in total. The first-order valence-corrected chi connectivity index (χ1v) is 12.5. The smallest absolute Gasteiger partial charge is 0.253 e. The summed E-state index contributed by atoms with van der Waals surface area (Å²) in [4.78, 5) is 19.3. The minimum Gasteiger partial charge on any atom is -0.388 e. The van der Waals surface area contributed by atoms with Crippen molar-refractivity contribution < 1.29 is 19.4 Å².